The van der Waals surface area contributed by atoms with Crippen molar-refractivity contribution in [2.75, 3.05) is 18.4 Å². The number of anilines is 2. The van der Waals surface area contributed by atoms with E-state index in [9.17, 15) is 16.8 Å². The fourth-order valence-corrected chi connectivity index (χ4v) is 6.39. The predicted octanol–water partition coefficient (Wildman–Crippen LogP) is 3.38. The number of para-hydroxylation sites is 1. The maximum Gasteiger partial charge on any atom is 0.243 e. The van der Waals surface area contributed by atoms with Gasteiger partial charge in [-0.2, -0.15) is 4.31 Å². The van der Waals surface area contributed by atoms with Crippen molar-refractivity contribution in [2.45, 2.75) is 29.1 Å². The molecule has 31 heavy (non-hydrogen) atoms. The molecule has 3 N–H and O–H groups in total. The molecule has 0 bridgehead atoms. The first-order valence-corrected chi connectivity index (χ1v) is 13.6. The van der Waals surface area contributed by atoms with Crippen LogP contribution in [-0.4, -0.2) is 39.2 Å². The van der Waals surface area contributed by atoms with Gasteiger partial charge in [0, 0.05) is 24.0 Å². The van der Waals surface area contributed by atoms with E-state index >= 15 is 0 Å². The van der Waals surface area contributed by atoms with Gasteiger partial charge in [0.1, 0.15) is 4.90 Å². The Kier molecular flexibility index (Phi) is 6.13. The number of primary sulfonamides is 1. The van der Waals surface area contributed by atoms with Gasteiger partial charge in [-0.3, -0.25) is 0 Å². The Morgan fingerprint density at radius 2 is 1.61 bits per heavy atom. The second kappa shape index (κ2) is 8.67. The quantitative estimate of drug-likeness (QED) is 0.560. The Labute approximate surface area is 185 Å². The van der Waals surface area contributed by atoms with Crippen LogP contribution in [0, 0.1) is 0 Å². The molecule has 0 radical (unpaired) electrons. The highest BCUT2D eigenvalue weighted by atomic mass is 32.2. The molecule has 4 rings (SSSR count). The summed E-state index contributed by atoms with van der Waals surface area (Å²) in [5.74, 6) is 0. The van der Waals surface area contributed by atoms with E-state index in [0.29, 0.717) is 29.6 Å². The van der Waals surface area contributed by atoms with Crippen LogP contribution in [0.4, 0.5) is 10.8 Å². The van der Waals surface area contributed by atoms with Crippen molar-refractivity contribution in [3.63, 3.8) is 0 Å². The van der Waals surface area contributed by atoms with Crippen LogP contribution in [0.2, 0.25) is 0 Å². The predicted molar refractivity (Wildman–Crippen MR) is 121 cm³/mol. The SMILES string of the molecule is NS(=O)(=O)c1ccccc1Nc1nc(-c2ccc(S(=O)(=O)N3CCCCC3)cc2)cs1. The number of hydrogen-bond acceptors (Lipinski definition) is 7. The molecule has 1 aliphatic rings. The number of nitrogens with two attached hydrogens (primary N) is 1. The second-order valence-corrected chi connectivity index (χ2v) is 11.5. The second-order valence-electron chi connectivity index (χ2n) is 7.19. The molecule has 8 nitrogen and oxygen atoms in total. The Morgan fingerprint density at radius 3 is 2.29 bits per heavy atom. The normalized spacial score (nSPS) is 15.6. The van der Waals surface area contributed by atoms with E-state index < -0.39 is 20.0 Å². The monoisotopic (exact) mass is 478 g/mol. The number of piperidine rings is 1. The summed E-state index contributed by atoms with van der Waals surface area (Å²) in [5.41, 5.74) is 1.76. The molecule has 0 unspecified atom stereocenters. The van der Waals surface area contributed by atoms with Gasteiger partial charge < -0.3 is 5.32 Å². The summed E-state index contributed by atoms with van der Waals surface area (Å²) in [6.45, 7) is 1.12. The summed E-state index contributed by atoms with van der Waals surface area (Å²) in [6.07, 6.45) is 2.84. The van der Waals surface area contributed by atoms with Crippen LogP contribution in [0.5, 0.6) is 0 Å². The van der Waals surface area contributed by atoms with Gasteiger partial charge in [0.25, 0.3) is 0 Å². The first-order chi connectivity index (χ1) is 14.7. The Hall–Kier alpha value is -2.31. The average molecular weight is 479 g/mol. The zero-order chi connectivity index (χ0) is 22.1. The summed E-state index contributed by atoms with van der Waals surface area (Å²) in [7, 11) is -7.35. The first-order valence-electron chi connectivity index (χ1n) is 9.70. The zero-order valence-corrected chi connectivity index (χ0v) is 19.0. The van der Waals surface area contributed by atoms with Crippen molar-refractivity contribution in [3.8, 4) is 11.3 Å². The number of benzene rings is 2. The van der Waals surface area contributed by atoms with E-state index in [0.717, 1.165) is 24.8 Å². The largest absolute Gasteiger partial charge is 0.330 e. The van der Waals surface area contributed by atoms with Crippen molar-refractivity contribution in [1.29, 1.82) is 0 Å². The van der Waals surface area contributed by atoms with Gasteiger partial charge in [-0.15, -0.1) is 11.3 Å². The molecule has 164 valence electrons. The van der Waals surface area contributed by atoms with Crippen molar-refractivity contribution < 1.29 is 16.8 Å². The molecular weight excluding hydrogens is 456 g/mol. The number of sulfonamides is 2. The third-order valence-electron chi connectivity index (χ3n) is 5.04. The molecule has 0 spiro atoms. The minimum Gasteiger partial charge on any atom is -0.330 e. The summed E-state index contributed by atoms with van der Waals surface area (Å²) in [4.78, 5) is 4.75. The molecule has 11 heteroatoms. The average Bonchev–Trinajstić information content (AvgIpc) is 3.22. The zero-order valence-electron chi connectivity index (χ0n) is 16.6. The molecule has 0 atom stereocenters. The van der Waals surface area contributed by atoms with Gasteiger partial charge in [0.05, 0.1) is 16.3 Å². The van der Waals surface area contributed by atoms with Crippen LogP contribution in [0.25, 0.3) is 11.3 Å². The Bertz CT molecular complexity index is 1280. The lowest BCUT2D eigenvalue weighted by Gasteiger charge is -2.25. The number of rotatable bonds is 6. The fourth-order valence-electron chi connectivity index (χ4n) is 3.45. The van der Waals surface area contributed by atoms with Crippen LogP contribution in [0.15, 0.2) is 63.7 Å². The number of hydrogen-bond donors (Lipinski definition) is 2. The maximum absolute atomic E-state index is 12.8. The highest BCUT2D eigenvalue weighted by Gasteiger charge is 2.25. The van der Waals surface area contributed by atoms with E-state index in [1.54, 1.807) is 46.8 Å². The molecule has 3 aromatic rings. The molecule has 2 heterocycles. The molecular formula is C20H22N4O4S3. The molecule has 1 aromatic heterocycles. The number of nitrogens with one attached hydrogen (secondary N) is 1. The summed E-state index contributed by atoms with van der Waals surface area (Å²) < 4.78 is 50.7. The summed E-state index contributed by atoms with van der Waals surface area (Å²) >= 11 is 1.31. The van der Waals surface area contributed by atoms with E-state index in [-0.39, 0.29) is 9.79 Å². The van der Waals surface area contributed by atoms with Gasteiger partial charge in [0.2, 0.25) is 20.0 Å². The number of aromatic nitrogens is 1. The third-order valence-corrected chi connectivity index (χ3v) is 8.68. The molecule has 2 aromatic carbocycles. The third kappa shape index (κ3) is 4.80. The van der Waals surface area contributed by atoms with Gasteiger partial charge in [-0.25, -0.2) is 27.0 Å². The molecule has 1 aliphatic heterocycles. The van der Waals surface area contributed by atoms with Crippen LogP contribution < -0.4 is 10.5 Å². The molecule has 0 aliphatic carbocycles. The standard InChI is InChI=1S/C20H22N4O4S3/c21-30(25,26)19-7-3-2-6-17(19)22-20-23-18(14-29-20)15-8-10-16(11-9-15)31(27,28)24-12-4-1-5-13-24/h2-3,6-11,14H,1,4-5,12-13H2,(H,22,23)(H2,21,25,26). The minimum absolute atomic E-state index is 0.0148. The van der Waals surface area contributed by atoms with E-state index in [2.05, 4.69) is 10.3 Å². The van der Waals surface area contributed by atoms with Crippen LogP contribution in [0.1, 0.15) is 19.3 Å². The summed E-state index contributed by atoms with van der Waals surface area (Å²) in [5, 5.41) is 10.6. The lowest BCUT2D eigenvalue weighted by molar-refractivity contribution is 0.346. The van der Waals surface area contributed by atoms with Crippen molar-refractivity contribution in [3.05, 3.63) is 53.9 Å². The van der Waals surface area contributed by atoms with Crippen LogP contribution in [-0.2, 0) is 20.0 Å². The summed E-state index contributed by atoms with van der Waals surface area (Å²) in [6, 6.07) is 13.0. The van der Waals surface area contributed by atoms with Crippen LogP contribution in [0.3, 0.4) is 0 Å². The first kappa shape index (κ1) is 21.9. The molecule has 1 fully saturated rings. The maximum atomic E-state index is 12.8. The van der Waals surface area contributed by atoms with Gasteiger partial charge in [-0.05, 0) is 37.1 Å². The van der Waals surface area contributed by atoms with Crippen molar-refractivity contribution >= 4 is 42.2 Å². The molecule has 0 saturated carbocycles. The Balaban J connectivity index is 1.54. The van der Waals surface area contributed by atoms with Crippen LogP contribution >= 0.6 is 11.3 Å². The number of thiazole rings is 1. The van der Waals surface area contributed by atoms with Gasteiger partial charge in [-0.1, -0.05) is 30.7 Å². The van der Waals surface area contributed by atoms with E-state index in [4.69, 9.17) is 5.14 Å². The Morgan fingerprint density at radius 1 is 0.935 bits per heavy atom. The lowest BCUT2D eigenvalue weighted by Crippen LogP contribution is -2.35. The van der Waals surface area contributed by atoms with E-state index in [1.807, 2.05) is 5.38 Å². The lowest BCUT2D eigenvalue weighted by atomic mass is 10.2. The molecule has 1 saturated heterocycles. The molecule has 0 amide bonds. The highest BCUT2D eigenvalue weighted by Crippen LogP contribution is 2.30. The van der Waals surface area contributed by atoms with E-state index in [1.165, 1.54) is 17.4 Å². The fraction of sp³-hybridized carbons (Fsp3) is 0.250. The van der Waals surface area contributed by atoms with Gasteiger partial charge >= 0.3 is 0 Å². The topological polar surface area (TPSA) is 122 Å². The highest BCUT2D eigenvalue weighted by molar-refractivity contribution is 7.89. The van der Waals surface area contributed by atoms with Crippen molar-refractivity contribution in [2.24, 2.45) is 5.14 Å². The number of nitrogens with zero attached hydrogens (tertiary/aromatic N) is 2. The smallest absolute Gasteiger partial charge is 0.243 e. The van der Waals surface area contributed by atoms with Crippen molar-refractivity contribution in [1.82, 2.24) is 9.29 Å². The minimum atomic E-state index is -3.87. The van der Waals surface area contributed by atoms with Gasteiger partial charge in [0.15, 0.2) is 5.13 Å².